The third-order valence-electron chi connectivity index (χ3n) is 4.09. The molecule has 2 aromatic heterocycles. The van der Waals surface area contributed by atoms with Crippen LogP contribution >= 0.6 is 11.3 Å². The van der Waals surface area contributed by atoms with Gasteiger partial charge in [-0.15, -0.1) is 11.3 Å². The number of hydrogen-bond acceptors (Lipinski definition) is 6. The van der Waals surface area contributed by atoms with Gasteiger partial charge >= 0.3 is 0 Å². The van der Waals surface area contributed by atoms with Crippen LogP contribution in [-0.2, 0) is 11.3 Å². The summed E-state index contributed by atoms with van der Waals surface area (Å²) < 4.78 is 24.5. The third kappa shape index (κ3) is 3.88. The molecule has 0 spiro atoms. The Morgan fingerprint density at radius 1 is 1.28 bits per heavy atom. The number of thiophene rings is 1. The molecule has 0 unspecified atom stereocenters. The normalized spacial score (nSPS) is 15.4. The molecular formula is C18H18FN3O2S. The van der Waals surface area contributed by atoms with Gasteiger partial charge in [0.15, 0.2) is 11.6 Å². The summed E-state index contributed by atoms with van der Waals surface area (Å²) in [7, 11) is 0. The molecular weight excluding hydrogens is 341 g/mol. The number of ether oxygens (including phenoxy) is 2. The first-order valence-electron chi connectivity index (χ1n) is 8.25. The fourth-order valence-corrected chi connectivity index (χ4v) is 3.67. The van der Waals surface area contributed by atoms with Crippen molar-refractivity contribution in [2.75, 3.05) is 18.5 Å². The Labute approximate surface area is 148 Å². The molecule has 25 heavy (non-hydrogen) atoms. The van der Waals surface area contributed by atoms with E-state index in [1.807, 2.05) is 12.3 Å². The SMILES string of the molecule is Fc1ccccc1OCc1cc2cnc(NC3CCOCC3)nc2s1. The van der Waals surface area contributed by atoms with E-state index < -0.39 is 0 Å². The van der Waals surface area contributed by atoms with Crippen molar-refractivity contribution in [1.82, 2.24) is 9.97 Å². The Hall–Kier alpha value is -2.25. The lowest BCUT2D eigenvalue weighted by atomic mass is 10.1. The minimum atomic E-state index is -0.355. The number of rotatable bonds is 5. The second-order valence-electron chi connectivity index (χ2n) is 5.92. The summed E-state index contributed by atoms with van der Waals surface area (Å²) in [5.74, 6) is 0.544. The lowest BCUT2D eigenvalue weighted by molar-refractivity contribution is 0.0903. The Morgan fingerprint density at radius 2 is 2.12 bits per heavy atom. The van der Waals surface area contributed by atoms with Gasteiger partial charge in [-0.25, -0.2) is 14.4 Å². The van der Waals surface area contributed by atoms with Gasteiger partial charge in [-0.1, -0.05) is 12.1 Å². The van der Waals surface area contributed by atoms with Gasteiger partial charge in [-0.2, -0.15) is 0 Å². The van der Waals surface area contributed by atoms with Crippen molar-refractivity contribution < 1.29 is 13.9 Å². The molecule has 3 heterocycles. The Balaban J connectivity index is 1.45. The van der Waals surface area contributed by atoms with Crippen LogP contribution < -0.4 is 10.1 Å². The van der Waals surface area contributed by atoms with Crippen LogP contribution in [0, 0.1) is 5.82 Å². The Kier molecular flexibility index (Phi) is 4.76. The second kappa shape index (κ2) is 7.33. The van der Waals surface area contributed by atoms with E-state index in [-0.39, 0.29) is 11.6 Å². The standard InChI is InChI=1S/C18H18FN3O2S/c19-15-3-1-2-4-16(15)24-11-14-9-12-10-20-18(22-17(12)25-14)21-13-5-7-23-8-6-13/h1-4,9-10,13H,5-8,11H2,(H,20,21,22). The molecule has 0 amide bonds. The number of aromatic nitrogens is 2. The molecule has 7 heteroatoms. The lowest BCUT2D eigenvalue weighted by Crippen LogP contribution is -2.28. The van der Waals surface area contributed by atoms with E-state index >= 15 is 0 Å². The maximum Gasteiger partial charge on any atom is 0.224 e. The number of para-hydroxylation sites is 1. The first kappa shape index (κ1) is 16.2. The largest absolute Gasteiger partial charge is 0.485 e. The van der Waals surface area contributed by atoms with Crippen molar-refractivity contribution in [3.63, 3.8) is 0 Å². The molecule has 1 aromatic carbocycles. The second-order valence-corrected chi connectivity index (χ2v) is 7.03. The van der Waals surface area contributed by atoms with E-state index in [1.165, 1.54) is 17.4 Å². The van der Waals surface area contributed by atoms with E-state index in [2.05, 4.69) is 15.3 Å². The first-order valence-corrected chi connectivity index (χ1v) is 9.06. The minimum Gasteiger partial charge on any atom is -0.485 e. The molecule has 3 aromatic rings. The number of nitrogens with one attached hydrogen (secondary N) is 1. The molecule has 1 fully saturated rings. The molecule has 0 saturated carbocycles. The summed E-state index contributed by atoms with van der Waals surface area (Å²) in [6, 6.07) is 8.75. The monoisotopic (exact) mass is 359 g/mol. The number of benzene rings is 1. The van der Waals surface area contributed by atoms with Crippen LogP contribution in [0.4, 0.5) is 10.3 Å². The average molecular weight is 359 g/mol. The number of fused-ring (bicyclic) bond motifs is 1. The Bertz CT molecular complexity index is 864. The number of hydrogen-bond donors (Lipinski definition) is 1. The highest BCUT2D eigenvalue weighted by molar-refractivity contribution is 7.18. The van der Waals surface area contributed by atoms with Gasteiger partial charge in [-0.05, 0) is 31.0 Å². The van der Waals surface area contributed by atoms with Gasteiger partial charge in [0.1, 0.15) is 11.4 Å². The van der Waals surface area contributed by atoms with Gasteiger partial charge in [0.25, 0.3) is 0 Å². The average Bonchev–Trinajstić information content (AvgIpc) is 3.04. The summed E-state index contributed by atoms with van der Waals surface area (Å²) in [5, 5.41) is 4.34. The zero-order chi connectivity index (χ0) is 17.1. The van der Waals surface area contributed by atoms with Gasteiger partial charge in [0.05, 0.1) is 0 Å². The van der Waals surface area contributed by atoms with Crippen LogP contribution in [0.25, 0.3) is 10.2 Å². The fraction of sp³-hybridized carbons (Fsp3) is 0.333. The Morgan fingerprint density at radius 3 is 2.96 bits per heavy atom. The first-order chi connectivity index (χ1) is 12.3. The van der Waals surface area contributed by atoms with Crippen LogP contribution in [-0.4, -0.2) is 29.2 Å². The highest BCUT2D eigenvalue weighted by Crippen LogP contribution is 2.26. The molecule has 4 rings (SSSR count). The van der Waals surface area contributed by atoms with Gasteiger partial charge in [0.2, 0.25) is 5.95 Å². The molecule has 1 aliphatic rings. The van der Waals surface area contributed by atoms with E-state index in [0.29, 0.717) is 18.6 Å². The van der Waals surface area contributed by atoms with Crippen molar-refractivity contribution >= 4 is 27.5 Å². The molecule has 130 valence electrons. The van der Waals surface area contributed by atoms with Crippen LogP contribution in [0.5, 0.6) is 5.75 Å². The van der Waals surface area contributed by atoms with Gasteiger partial charge in [0, 0.05) is 35.7 Å². The quantitative estimate of drug-likeness (QED) is 0.746. The van der Waals surface area contributed by atoms with Crippen LogP contribution in [0.1, 0.15) is 17.7 Å². The summed E-state index contributed by atoms with van der Waals surface area (Å²) in [6.45, 7) is 1.86. The zero-order valence-corrected chi connectivity index (χ0v) is 14.4. The van der Waals surface area contributed by atoms with E-state index in [0.717, 1.165) is 41.1 Å². The lowest BCUT2D eigenvalue weighted by Gasteiger charge is -2.22. The number of halogens is 1. The zero-order valence-electron chi connectivity index (χ0n) is 13.6. The van der Waals surface area contributed by atoms with Crippen molar-refractivity contribution in [1.29, 1.82) is 0 Å². The maximum atomic E-state index is 13.6. The summed E-state index contributed by atoms with van der Waals surface area (Å²) in [6.07, 6.45) is 3.74. The summed E-state index contributed by atoms with van der Waals surface area (Å²) in [5.41, 5.74) is 0. The van der Waals surface area contributed by atoms with Crippen LogP contribution in [0.15, 0.2) is 36.5 Å². The molecule has 0 bridgehead atoms. The minimum absolute atomic E-state index is 0.257. The molecule has 1 N–H and O–H groups in total. The molecule has 5 nitrogen and oxygen atoms in total. The van der Waals surface area contributed by atoms with Crippen molar-refractivity contribution in [2.24, 2.45) is 0 Å². The maximum absolute atomic E-state index is 13.6. The smallest absolute Gasteiger partial charge is 0.224 e. The van der Waals surface area contributed by atoms with Gasteiger partial charge in [-0.3, -0.25) is 0 Å². The third-order valence-corrected chi connectivity index (χ3v) is 5.10. The van der Waals surface area contributed by atoms with Gasteiger partial charge < -0.3 is 14.8 Å². The van der Waals surface area contributed by atoms with Crippen LogP contribution in [0.3, 0.4) is 0 Å². The van der Waals surface area contributed by atoms with E-state index in [4.69, 9.17) is 9.47 Å². The molecule has 0 radical (unpaired) electrons. The predicted molar refractivity (Wildman–Crippen MR) is 95.6 cm³/mol. The molecule has 0 atom stereocenters. The van der Waals surface area contributed by atoms with Crippen LogP contribution in [0.2, 0.25) is 0 Å². The van der Waals surface area contributed by atoms with E-state index in [9.17, 15) is 4.39 Å². The predicted octanol–water partition coefficient (Wildman–Crippen LogP) is 4.00. The summed E-state index contributed by atoms with van der Waals surface area (Å²) >= 11 is 1.54. The number of anilines is 1. The van der Waals surface area contributed by atoms with Crippen molar-refractivity contribution in [2.45, 2.75) is 25.5 Å². The highest BCUT2D eigenvalue weighted by Gasteiger charge is 2.15. The van der Waals surface area contributed by atoms with Crippen molar-refractivity contribution in [3.8, 4) is 5.75 Å². The van der Waals surface area contributed by atoms with Crippen molar-refractivity contribution in [3.05, 3.63) is 47.2 Å². The number of nitrogens with zero attached hydrogens (tertiary/aromatic N) is 2. The highest BCUT2D eigenvalue weighted by atomic mass is 32.1. The fourth-order valence-electron chi connectivity index (χ4n) is 2.76. The molecule has 0 aliphatic carbocycles. The topological polar surface area (TPSA) is 56.3 Å². The molecule has 1 aliphatic heterocycles. The summed E-state index contributed by atoms with van der Waals surface area (Å²) in [4.78, 5) is 10.9. The van der Waals surface area contributed by atoms with E-state index in [1.54, 1.807) is 18.2 Å². The molecule has 1 saturated heterocycles.